The van der Waals surface area contributed by atoms with E-state index in [1.165, 1.54) is 131 Å². The van der Waals surface area contributed by atoms with E-state index >= 15 is 0 Å². The van der Waals surface area contributed by atoms with Crippen LogP contribution in [-0.4, -0.2) is 29.9 Å². The fourth-order valence-electron chi connectivity index (χ4n) is 15.0. The smallest absolute Gasteiger partial charge is 0.141 e. The minimum absolute atomic E-state index is 0.388. The topological polar surface area (TPSA) is 149 Å². The molecule has 0 fully saturated rings. The zero-order valence-corrected chi connectivity index (χ0v) is 58.1. The Kier molecular flexibility index (Phi) is 15.4. The molecule has 0 aliphatic heterocycles. The Labute approximate surface area is 613 Å². The van der Waals surface area contributed by atoms with E-state index in [1.54, 1.807) is 43.0 Å². The SMILES string of the molecule is N#Cc1cc(-c2cccc(-c3cc4sc5ccc6ccccc6c5c4c4ccccc34)n2)ccn1.N#Cc1ccnc(-c2ccc(-c3cc4sc5ccc6ccccc6c5c4c4ccccc34)cn2)c1.N#Cc1cncc(-c2cccc(-c3cc4sc5ccc6ccccc6c5c4c4ccccc34)n2)c1. The highest BCUT2D eigenvalue weighted by atomic mass is 32.1. The first-order valence-electron chi connectivity index (χ1n) is 34.2. The third-order valence-corrected chi connectivity index (χ3v) is 23.0. The predicted octanol–water partition coefficient (Wildman–Crippen LogP) is 25.1. The molecule has 9 aromatic heterocycles. The molecule has 21 rings (SSSR count). The summed E-state index contributed by atoms with van der Waals surface area (Å²) in [5, 5.41) is 50.7. The summed E-state index contributed by atoms with van der Waals surface area (Å²) in [5.74, 6) is 0. The van der Waals surface area contributed by atoms with E-state index in [4.69, 9.17) is 15.0 Å². The third kappa shape index (κ3) is 11.0. The number of benzene rings is 12. The molecule has 9 heterocycles. The summed E-state index contributed by atoms with van der Waals surface area (Å²) >= 11 is 5.51. The predicted molar refractivity (Wildman–Crippen MR) is 437 cm³/mol. The van der Waals surface area contributed by atoms with E-state index < -0.39 is 0 Å². The zero-order valence-electron chi connectivity index (χ0n) is 55.7. The monoisotopic (exact) mass is 1390 g/mol. The average molecular weight is 1390 g/mol. The van der Waals surface area contributed by atoms with Crippen molar-refractivity contribution >= 4 is 159 Å². The van der Waals surface area contributed by atoms with Crippen molar-refractivity contribution in [2.45, 2.75) is 0 Å². The van der Waals surface area contributed by atoms with Crippen molar-refractivity contribution in [1.82, 2.24) is 29.9 Å². The Hall–Kier alpha value is -13.8. The zero-order chi connectivity index (χ0) is 70.1. The van der Waals surface area contributed by atoms with E-state index in [0.717, 1.165) is 56.3 Å². The van der Waals surface area contributed by atoms with Gasteiger partial charge in [-0.1, -0.05) is 182 Å². The van der Waals surface area contributed by atoms with Gasteiger partial charge in [-0.15, -0.1) is 34.0 Å². The van der Waals surface area contributed by atoms with E-state index in [-0.39, 0.29) is 0 Å². The number of thiophene rings is 3. The Morgan fingerprint density at radius 1 is 0.248 bits per heavy atom. The van der Waals surface area contributed by atoms with Crippen LogP contribution in [0.25, 0.3) is 193 Å². The van der Waals surface area contributed by atoms with Crippen molar-refractivity contribution in [2.24, 2.45) is 0 Å². The molecule has 12 heteroatoms. The van der Waals surface area contributed by atoms with Crippen LogP contribution >= 0.6 is 34.0 Å². The van der Waals surface area contributed by atoms with Gasteiger partial charge in [0.05, 0.1) is 51.4 Å². The first-order valence-corrected chi connectivity index (χ1v) is 36.6. The van der Waals surface area contributed by atoms with Crippen molar-refractivity contribution in [3.05, 3.63) is 327 Å². The number of rotatable bonds is 6. The molecule has 0 aliphatic carbocycles. The first-order chi connectivity index (χ1) is 51.9. The molecule has 0 radical (unpaired) electrons. The molecule has 0 amide bonds. The molecule has 486 valence electrons. The van der Waals surface area contributed by atoms with Crippen LogP contribution in [0.5, 0.6) is 0 Å². The summed E-state index contributed by atoms with van der Waals surface area (Å²) in [7, 11) is 0. The normalized spacial score (nSPS) is 11.4. The van der Waals surface area contributed by atoms with Crippen molar-refractivity contribution in [3.63, 3.8) is 0 Å². The second-order valence-corrected chi connectivity index (χ2v) is 29.0. The first kappa shape index (κ1) is 62.3. The molecular formula is C93H51N9S3. The molecule has 0 spiro atoms. The summed E-state index contributed by atoms with van der Waals surface area (Å²) in [5.41, 5.74) is 12.6. The van der Waals surface area contributed by atoms with Gasteiger partial charge in [-0.25, -0.2) is 15.0 Å². The lowest BCUT2D eigenvalue weighted by molar-refractivity contribution is 1.24. The van der Waals surface area contributed by atoms with Gasteiger partial charge in [-0.2, -0.15) is 15.8 Å². The van der Waals surface area contributed by atoms with Crippen LogP contribution < -0.4 is 0 Å². The Morgan fingerprint density at radius 3 is 1.17 bits per heavy atom. The Morgan fingerprint density at radius 2 is 0.686 bits per heavy atom. The Bertz CT molecular complexity index is 7010. The lowest BCUT2D eigenvalue weighted by Crippen LogP contribution is -1.91. The van der Waals surface area contributed by atoms with Crippen molar-refractivity contribution in [2.75, 3.05) is 0 Å². The lowest BCUT2D eigenvalue weighted by atomic mass is 9.94. The quantitative estimate of drug-likeness (QED) is 0.159. The molecule has 12 aromatic carbocycles. The number of hydrogen-bond donors (Lipinski definition) is 0. The number of nitrogens with zero attached hydrogens (tertiary/aromatic N) is 9. The van der Waals surface area contributed by atoms with E-state index in [9.17, 15) is 15.8 Å². The van der Waals surface area contributed by atoms with Gasteiger partial charge in [0.2, 0.25) is 0 Å². The minimum Gasteiger partial charge on any atom is -0.263 e. The van der Waals surface area contributed by atoms with Crippen molar-refractivity contribution < 1.29 is 0 Å². The second kappa shape index (κ2) is 26.0. The molecule has 0 saturated heterocycles. The van der Waals surface area contributed by atoms with Crippen LogP contribution in [0.3, 0.4) is 0 Å². The maximum absolute atomic E-state index is 9.28. The highest BCUT2D eigenvalue weighted by Gasteiger charge is 2.21. The second-order valence-electron chi connectivity index (χ2n) is 25.7. The fraction of sp³-hybridized carbons (Fsp3) is 0. The van der Waals surface area contributed by atoms with E-state index in [0.29, 0.717) is 22.5 Å². The number of hydrogen-bond acceptors (Lipinski definition) is 12. The van der Waals surface area contributed by atoms with Crippen LogP contribution in [0.1, 0.15) is 16.8 Å². The largest absolute Gasteiger partial charge is 0.263 e. The standard InChI is InChI=1S/3C31H17N3S/c32-16-19-14-21(18-33-17-19)26-10-5-11-27(34-26)25-15-29-31(24-9-4-3-8-23(24)25)30-22-7-2-1-6-20(22)12-13-28(30)35-29;32-18-21-16-20(14-15-33-21)26-10-5-11-27(34-26)25-17-29-31(24-9-4-3-8-23(24)25)30-22-7-2-1-6-19(22)12-13-28(30)35-29;32-17-19-13-14-33-27(15-19)26-11-9-21(18-34-26)25-16-29-31(24-8-4-3-7-23(24)25)30-22-6-2-1-5-20(22)10-12-28(30)35-29/h1-15,17-18H;1-17H;1-16,18H. The van der Waals surface area contributed by atoms with Gasteiger partial charge < -0.3 is 0 Å². The highest BCUT2D eigenvalue weighted by Crippen LogP contribution is 2.49. The van der Waals surface area contributed by atoms with Gasteiger partial charge in [0.1, 0.15) is 17.8 Å². The summed E-state index contributed by atoms with van der Waals surface area (Å²) < 4.78 is 7.68. The van der Waals surface area contributed by atoms with Crippen LogP contribution in [0.4, 0.5) is 0 Å². The van der Waals surface area contributed by atoms with Gasteiger partial charge in [0.25, 0.3) is 0 Å². The van der Waals surface area contributed by atoms with E-state index in [2.05, 4.69) is 252 Å². The van der Waals surface area contributed by atoms with Crippen LogP contribution in [0.15, 0.2) is 310 Å². The molecule has 105 heavy (non-hydrogen) atoms. The molecule has 0 N–H and O–H groups in total. The molecule has 0 saturated carbocycles. The van der Waals surface area contributed by atoms with Crippen molar-refractivity contribution in [3.8, 4) is 85.8 Å². The van der Waals surface area contributed by atoms with Crippen LogP contribution in [0.2, 0.25) is 0 Å². The maximum atomic E-state index is 9.28. The van der Waals surface area contributed by atoms with Gasteiger partial charge in [0, 0.05) is 119 Å². The number of pyridine rings is 6. The lowest BCUT2D eigenvalue weighted by Gasteiger charge is -2.10. The molecule has 0 bridgehead atoms. The number of aromatic nitrogens is 6. The third-order valence-electron chi connectivity index (χ3n) is 19.7. The highest BCUT2D eigenvalue weighted by molar-refractivity contribution is 7.27. The average Bonchev–Trinajstić information content (AvgIpc) is 1.62. The summed E-state index contributed by atoms with van der Waals surface area (Å²) in [6.07, 6.45) is 8.54. The van der Waals surface area contributed by atoms with Crippen molar-refractivity contribution in [1.29, 1.82) is 15.8 Å². The van der Waals surface area contributed by atoms with Crippen LogP contribution in [-0.2, 0) is 0 Å². The molecule has 21 aromatic rings. The molecule has 9 nitrogen and oxygen atoms in total. The van der Waals surface area contributed by atoms with Gasteiger partial charge in [0.15, 0.2) is 0 Å². The molecule has 0 aliphatic rings. The van der Waals surface area contributed by atoms with Gasteiger partial charge in [-0.05, 0) is 167 Å². The summed E-state index contributed by atoms with van der Waals surface area (Å²) in [6.45, 7) is 0. The molecule has 0 atom stereocenters. The number of nitriles is 3. The van der Waals surface area contributed by atoms with Gasteiger partial charge >= 0.3 is 0 Å². The van der Waals surface area contributed by atoms with Gasteiger partial charge in [-0.3, -0.25) is 15.0 Å². The fourth-order valence-corrected chi connectivity index (χ4v) is 18.5. The minimum atomic E-state index is 0.388. The summed E-state index contributed by atoms with van der Waals surface area (Å²) in [4.78, 5) is 27.4. The number of fused-ring (bicyclic) bond motifs is 21. The van der Waals surface area contributed by atoms with Crippen LogP contribution in [0, 0.1) is 34.0 Å². The molecule has 0 unspecified atom stereocenters. The summed E-state index contributed by atoms with van der Waals surface area (Å²) in [6, 6.07) is 104. The molecular weight excluding hydrogens is 1340 g/mol. The van der Waals surface area contributed by atoms with E-state index in [1.807, 2.05) is 82.7 Å². The maximum Gasteiger partial charge on any atom is 0.141 e. The Balaban J connectivity index is 0.000000108.